The molecule has 3 aromatic rings. The van der Waals surface area contributed by atoms with Gasteiger partial charge in [-0.2, -0.15) is 0 Å². The van der Waals surface area contributed by atoms with Crippen molar-refractivity contribution in [1.82, 2.24) is 0 Å². The predicted molar refractivity (Wildman–Crippen MR) is 119 cm³/mol. The number of anilines is 2. The largest absolute Gasteiger partial charge is 0.482 e. The summed E-state index contributed by atoms with van der Waals surface area (Å²) in [5.74, 6) is -0.877. The van der Waals surface area contributed by atoms with Crippen molar-refractivity contribution in [3.05, 3.63) is 82.1 Å². The van der Waals surface area contributed by atoms with Crippen molar-refractivity contribution >= 4 is 50.5 Å². The highest BCUT2D eigenvalue weighted by molar-refractivity contribution is 7.92. The van der Waals surface area contributed by atoms with Gasteiger partial charge in [-0.05, 0) is 67.1 Å². The number of sulfonamides is 1. The van der Waals surface area contributed by atoms with Crippen molar-refractivity contribution in [1.29, 1.82) is 0 Å². The third-order valence-corrected chi connectivity index (χ3v) is 6.07. The Kier molecular flexibility index (Phi) is 7.04. The van der Waals surface area contributed by atoms with Gasteiger partial charge in [0.25, 0.3) is 15.9 Å². The Hall–Kier alpha value is -2.81. The monoisotopic (exact) mass is 482 g/mol. The standard InChI is InChI=1S/C21H17Cl2FN2O4S/c1-13-2-5-15(24)10-19(13)25-21(27)12-30-20-9-8-17(11-18(20)23)31(28,29)26-16-6-3-14(22)4-7-16/h2-11,26H,12H2,1H3,(H,25,27). The Morgan fingerprint density at radius 3 is 2.42 bits per heavy atom. The molecule has 6 nitrogen and oxygen atoms in total. The Labute approximate surface area is 189 Å². The second-order valence-corrected chi connectivity index (χ2v) is 9.03. The van der Waals surface area contributed by atoms with Gasteiger partial charge in [-0.15, -0.1) is 0 Å². The predicted octanol–water partition coefficient (Wildman–Crippen LogP) is 5.26. The van der Waals surface area contributed by atoms with E-state index in [4.69, 9.17) is 27.9 Å². The van der Waals surface area contributed by atoms with Crippen molar-refractivity contribution < 1.29 is 22.3 Å². The molecule has 0 aliphatic rings. The fourth-order valence-corrected chi connectivity index (χ4v) is 4.07. The molecule has 0 atom stereocenters. The summed E-state index contributed by atoms with van der Waals surface area (Å²) in [6.45, 7) is 1.33. The number of halogens is 3. The lowest BCUT2D eigenvalue weighted by atomic mass is 10.2. The van der Waals surface area contributed by atoms with Crippen LogP contribution >= 0.6 is 23.2 Å². The van der Waals surface area contributed by atoms with Crippen LogP contribution in [0.25, 0.3) is 0 Å². The van der Waals surface area contributed by atoms with E-state index in [0.29, 0.717) is 22.0 Å². The molecule has 0 aromatic heterocycles. The maximum Gasteiger partial charge on any atom is 0.262 e. The van der Waals surface area contributed by atoms with Crippen molar-refractivity contribution in [2.45, 2.75) is 11.8 Å². The molecule has 31 heavy (non-hydrogen) atoms. The van der Waals surface area contributed by atoms with Gasteiger partial charge in [-0.25, -0.2) is 12.8 Å². The highest BCUT2D eigenvalue weighted by atomic mass is 35.5. The Balaban J connectivity index is 1.65. The highest BCUT2D eigenvalue weighted by Crippen LogP contribution is 2.28. The third-order valence-electron chi connectivity index (χ3n) is 4.14. The number of rotatable bonds is 7. The summed E-state index contributed by atoms with van der Waals surface area (Å²) in [5, 5.41) is 3.03. The molecule has 0 fully saturated rings. The average Bonchev–Trinajstić information content (AvgIpc) is 2.71. The molecule has 3 aromatic carbocycles. The fourth-order valence-electron chi connectivity index (χ4n) is 2.56. The zero-order valence-corrected chi connectivity index (χ0v) is 18.5. The number of benzene rings is 3. The molecule has 1 amide bonds. The van der Waals surface area contributed by atoms with Gasteiger partial charge in [0, 0.05) is 16.4 Å². The second kappa shape index (κ2) is 9.55. The van der Waals surface area contributed by atoms with Crippen LogP contribution < -0.4 is 14.8 Å². The van der Waals surface area contributed by atoms with Crippen LogP contribution in [0.3, 0.4) is 0 Å². The van der Waals surface area contributed by atoms with E-state index >= 15 is 0 Å². The van der Waals surface area contributed by atoms with Gasteiger partial charge >= 0.3 is 0 Å². The number of hydrogen-bond acceptors (Lipinski definition) is 4. The number of ether oxygens (including phenoxy) is 1. The fraction of sp³-hybridized carbons (Fsp3) is 0.0952. The maximum atomic E-state index is 13.3. The number of nitrogens with one attached hydrogen (secondary N) is 2. The van der Waals surface area contributed by atoms with Gasteiger partial charge in [0.15, 0.2) is 6.61 Å². The zero-order valence-electron chi connectivity index (χ0n) is 16.2. The molecular formula is C21H17Cl2FN2O4S. The number of amides is 1. The first-order valence-corrected chi connectivity index (χ1v) is 11.1. The topological polar surface area (TPSA) is 84.5 Å². The van der Waals surface area contributed by atoms with Crippen molar-refractivity contribution in [2.75, 3.05) is 16.6 Å². The van der Waals surface area contributed by atoms with Gasteiger partial charge in [0.1, 0.15) is 11.6 Å². The molecule has 3 rings (SSSR count). The quantitative estimate of drug-likeness (QED) is 0.480. The zero-order chi connectivity index (χ0) is 22.6. The van der Waals surface area contributed by atoms with E-state index in [0.717, 1.165) is 0 Å². The van der Waals surface area contributed by atoms with Gasteiger partial charge in [0.05, 0.1) is 9.92 Å². The molecule has 162 valence electrons. The number of aryl methyl sites for hydroxylation is 1. The molecule has 0 radical (unpaired) electrons. The van der Waals surface area contributed by atoms with Crippen LogP contribution in [0, 0.1) is 12.7 Å². The minimum atomic E-state index is -3.89. The first kappa shape index (κ1) is 22.9. The van der Waals surface area contributed by atoms with Crippen LogP contribution in [0.1, 0.15) is 5.56 Å². The summed E-state index contributed by atoms with van der Waals surface area (Å²) in [6, 6.07) is 14.1. The van der Waals surface area contributed by atoms with Gasteiger partial charge in [-0.1, -0.05) is 29.3 Å². The lowest BCUT2D eigenvalue weighted by Gasteiger charge is -2.12. The molecule has 10 heteroatoms. The van der Waals surface area contributed by atoms with Crippen LogP contribution in [-0.4, -0.2) is 20.9 Å². The molecule has 0 saturated heterocycles. The lowest BCUT2D eigenvalue weighted by Crippen LogP contribution is -2.21. The Morgan fingerprint density at radius 2 is 1.74 bits per heavy atom. The summed E-state index contributed by atoms with van der Waals surface area (Å²) >= 11 is 11.9. The van der Waals surface area contributed by atoms with Crippen LogP contribution in [0.15, 0.2) is 65.6 Å². The average molecular weight is 483 g/mol. The van der Waals surface area contributed by atoms with Crippen molar-refractivity contribution in [3.63, 3.8) is 0 Å². The first-order chi connectivity index (χ1) is 14.6. The van der Waals surface area contributed by atoms with Gasteiger partial charge in [-0.3, -0.25) is 9.52 Å². The molecule has 0 aliphatic heterocycles. The minimum absolute atomic E-state index is 0.00807. The van der Waals surface area contributed by atoms with E-state index in [-0.39, 0.29) is 15.7 Å². The van der Waals surface area contributed by atoms with Crippen molar-refractivity contribution in [3.8, 4) is 5.75 Å². The molecule has 2 N–H and O–H groups in total. The van der Waals surface area contributed by atoms with E-state index in [9.17, 15) is 17.6 Å². The summed E-state index contributed by atoms with van der Waals surface area (Å²) in [7, 11) is -3.89. The number of carbonyl (C=O) groups excluding carboxylic acids is 1. The summed E-state index contributed by atoms with van der Waals surface area (Å²) in [4.78, 5) is 12.0. The summed E-state index contributed by atoms with van der Waals surface area (Å²) in [5.41, 5.74) is 1.36. The maximum absolute atomic E-state index is 13.3. The van der Waals surface area contributed by atoms with E-state index in [1.54, 1.807) is 25.1 Å². The molecule has 0 bridgehead atoms. The minimum Gasteiger partial charge on any atom is -0.482 e. The van der Waals surface area contributed by atoms with Crippen LogP contribution in [0.2, 0.25) is 10.0 Å². The molecular weight excluding hydrogens is 466 g/mol. The number of carbonyl (C=O) groups is 1. The summed E-state index contributed by atoms with van der Waals surface area (Å²) < 4.78 is 46.2. The molecule has 0 spiro atoms. The Bertz CT molecular complexity index is 1220. The van der Waals surface area contributed by atoms with E-state index in [2.05, 4.69) is 10.0 Å². The van der Waals surface area contributed by atoms with E-state index < -0.39 is 28.4 Å². The molecule has 0 unspecified atom stereocenters. The van der Waals surface area contributed by atoms with Crippen molar-refractivity contribution in [2.24, 2.45) is 0 Å². The third kappa shape index (κ3) is 6.10. The lowest BCUT2D eigenvalue weighted by molar-refractivity contribution is -0.118. The molecule has 0 saturated carbocycles. The van der Waals surface area contributed by atoms with E-state index in [1.807, 2.05) is 0 Å². The second-order valence-electron chi connectivity index (χ2n) is 6.50. The van der Waals surface area contributed by atoms with Gasteiger partial charge in [0.2, 0.25) is 0 Å². The summed E-state index contributed by atoms with van der Waals surface area (Å²) in [6.07, 6.45) is 0. The van der Waals surface area contributed by atoms with Crippen LogP contribution in [-0.2, 0) is 14.8 Å². The highest BCUT2D eigenvalue weighted by Gasteiger charge is 2.17. The van der Waals surface area contributed by atoms with Crippen LogP contribution in [0.4, 0.5) is 15.8 Å². The smallest absolute Gasteiger partial charge is 0.262 e. The molecule has 0 heterocycles. The van der Waals surface area contributed by atoms with Crippen LogP contribution in [0.5, 0.6) is 5.75 Å². The first-order valence-electron chi connectivity index (χ1n) is 8.91. The van der Waals surface area contributed by atoms with Gasteiger partial charge < -0.3 is 10.1 Å². The molecule has 0 aliphatic carbocycles. The Morgan fingerprint density at radius 1 is 1.03 bits per heavy atom. The number of hydrogen-bond donors (Lipinski definition) is 2. The normalized spacial score (nSPS) is 11.1. The SMILES string of the molecule is Cc1ccc(F)cc1NC(=O)COc1ccc(S(=O)(=O)Nc2ccc(Cl)cc2)cc1Cl. The van der Waals surface area contributed by atoms with E-state index in [1.165, 1.54) is 42.5 Å².